The summed E-state index contributed by atoms with van der Waals surface area (Å²) in [5.74, 6) is 1.31. The normalized spacial score (nSPS) is 12.2. The van der Waals surface area contributed by atoms with Crippen LogP contribution in [0.25, 0.3) is 0 Å². The number of benzene rings is 1. The molecule has 0 saturated heterocycles. The fraction of sp³-hybridized carbons (Fsp3) is 0.500. The lowest BCUT2D eigenvalue weighted by Crippen LogP contribution is -2.02. The number of ether oxygens (including phenoxy) is 2. The minimum Gasteiger partial charge on any atom is -0.497 e. The molecule has 0 radical (unpaired) electrons. The summed E-state index contributed by atoms with van der Waals surface area (Å²) in [7, 11) is 3.13. The van der Waals surface area contributed by atoms with Crippen LogP contribution < -0.4 is 9.47 Å². The Kier molecular flexibility index (Phi) is 5.08. The summed E-state index contributed by atoms with van der Waals surface area (Å²) in [4.78, 5) is 0. The molecule has 0 aliphatic rings. The largest absolute Gasteiger partial charge is 0.497 e. The van der Waals surface area contributed by atoms with Gasteiger partial charge >= 0.3 is 0 Å². The lowest BCUT2D eigenvalue weighted by atomic mass is 10.0. The molecule has 0 amide bonds. The first-order valence-electron chi connectivity index (χ1n) is 5.23. The maximum atomic E-state index is 9.94. The first-order valence-corrected chi connectivity index (χ1v) is 5.23. The van der Waals surface area contributed by atoms with Crippen LogP contribution in [0.2, 0.25) is 0 Å². The zero-order chi connectivity index (χ0) is 12.0. The Bertz CT molecular complexity index is 325. The van der Waals surface area contributed by atoms with Crippen molar-refractivity contribution in [3.8, 4) is 11.5 Å². The van der Waals surface area contributed by atoms with Crippen LogP contribution >= 0.6 is 0 Å². The van der Waals surface area contributed by atoms with Gasteiger partial charge in [-0.25, -0.2) is 0 Å². The molecule has 4 nitrogen and oxygen atoms in total. The van der Waals surface area contributed by atoms with Crippen molar-refractivity contribution in [1.29, 1.82) is 0 Å². The van der Waals surface area contributed by atoms with E-state index < -0.39 is 6.10 Å². The van der Waals surface area contributed by atoms with Crippen molar-refractivity contribution in [2.45, 2.75) is 18.9 Å². The standard InChI is InChI=1S/C12H18O4/c1-15-9-5-6-12(16-2)10(8-9)11(14)4-3-7-13/h5-6,8,11,13-14H,3-4,7H2,1-2H3. The molecular formula is C12H18O4. The Morgan fingerprint density at radius 2 is 2.00 bits per heavy atom. The highest BCUT2D eigenvalue weighted by molar-refractivity contribution is 5.41. The smallest absolute Gasteiger partial charge is 0.124 e. The average molecular weight is 226 g/mol. The van der Waals surface area contributed by atoms with Crippen LogP contribution in [0.15, 0.2) is 18.2 Å². The minimum atomic E-state index is -0.641. The van der Waals surface area contributed by atoms with E-state index in [1.165, 1.54) is 0 Å². The molecule has 0 spiro atoms. The van der Waals surface area contributed by atoms with E-state index in [4.69, 9.17) is 14.6 Å². The quantitative estimate of drug-likeness (QED) is 0.772. The predicted octanol–water partition coefficient (Wildman–Crippen LogP) is 1.51. The fourth-order valence-corrected chi connectivity index (χ4v) is 1.54. The van der Waals surface area contributed by atoms with Gasteiger partial charge in [-0.05, 0) is 31.0 Å². The Morgan fingerprint density at radius 3 is 2.56 bits per heavy atom. The van der Waals surface area contributed by atoms with Gasteiger partial charge in [0.2, 0.25) is 0 Å². The number of hydrogen-bond donors (Lipinski definition) is 2. The fourth-order valence-electron chi connectivity index (χ4n) is 1.54. The first kappa shape index (κ1) is 12.8. The molecule has 16 heavy (non-hydrogen) atoms. The van der Waals surface area contributed by atoms with Gasteiger partial charge in [-0.3, -0.25) is 0 Å². The van der Waals surface area contributed by atoms with Crippen molar-refractivity contribution in [2.24, 2.45) is 0 Å². The molecule has 1 rings (SSSR count). The Morgan fingerprint density at radius 1 is 1.25 bits per heavy atom. The van der Waals surface area contributed by atoms with Gasteiger partial charge < -0.3 is 19.7 Å². The Hall–Kier alpha value is -1.26. The third-order valence-electron chi connectivity index (χ3n) is 2.43. The Balaban J connectivity index is 2.89. The summed E-state index contributed by atoms with van der Waals surface area (Å²) < 4.78 is 10.3. The molecule has 0 aliphatic carbocycles. The van der Waals surface area contributed by atoms with E-state index in [0.29, 0.717) is 29.9 Å². The van der Waals surface area contributed by atoms with Gasteiger partial charge in [-0.15, -0.1) is 0 Å². The zero-order valence-electron chi connectivity index (χ0n) is 9.64. The van der Waals surface area contributed by atoms with E-state index in [1.54, 1.807) is 32.4 Å². The van der Waals surface area contributed by atoms with Gasteiger partial charge in [0.15, 0.2) is 0 Å². The number of rotatable bonds is 6. The van der Waals surface area contributed by atoms with Crippen molar-refractivity contribution < 1.29 is 19.7 Å². The van der Waals surface area contributed by atoms with E-state index >= 15 is 0 Å². The molecule has 1 unspecified atom stereocenters. The maximum absolute atomic E-state index is 9.94. The van der Waals surface area contributed by atoms with E-state index in [1.807, 2.05) is 0 Å². The highest BCUT2D eigenvalue weighted by Crippen LogP contribution is 2.31. The van der Waals surface area contributed by atoms with Crippen LogP contribution in [-0.2, 0) is 0 Å². The second-order valence-corrected chi connectivity index (χ2v) is 3.49. The highest BCUT2D eigenvalue weighted by atomic mass is 16.5. The van der Waals surface area contributed by atoms with Crippen LogP contribution in [0.1, 0.15) is 24.5 Å². The molecule has 4 heteroatoms. The molecule has 2 N–H and O–H groups in total. The van der Waals surface area contributed by atoms with E-state index in [0.717, 1.165) is 0 Å². The van der Waals surface area contributed by atoms with Crippen molar-refractivity contribution in [3.63, 3.8) is 0 Å². The molecule has 0 aromatic heterocycles. The highest BCUT2D eigenvalue weighted by Gasteiger charge is 2.13. The van der Waals surface area contributed by atoms with Crippen LogP contribution in [-0.4, -0.2) is 31.0 Å². The predicted molar refractivity (Wildman–Crippen MR) is 60.8 cm³/mol. The Labute approximate surface area is 95.4 Å². The molecule has 1 atom stereocenters. The second kappa shape index (κ2) is 6.35. The molecule has 90 valence electrons. The molecule has 0 bridgehead atoms. The number of aliphatic hydroxyl groups is 2. The van der Waals surface area contributed by atoms with Crippen molar-refractivity contribution >= 4 is 0 Å². The van der Waals surface area contributed by atoms with Crippen LogP contribution in [0.4, 0.5) is 0 Å². The van der Waals surface area contributed by atoms with Gasteiger partial charge in [0.25, 0.3) is 0 Å². The summed E-state index contributed by atoms with van der Waals surface area (Å²) in [6.45, 7) is 0.0728. The SMILES string of the molecule is COc1ccc(OC)c(C(O)CCCO)c1. The lowest BCUT2D eigenvalue weighted by Gasteiger charge is -2.15. The average Bonchev–Trinajstić information content (AvgIpc) is 2.35. The van der Waals surface area contributed by atoms with Gasteiger partial charge in [0, 0.05) is 12.2 Å². The van der Waals surface area contributed by atoms with Crippen LogP contribution in [0.5, 0.6) is 11.5 Å². The van der Waals surface area contributed by atoms with Crippen LogP contribution in [0, 0.1) is 0 Å². The third kappa shape index (κ3) is 3.12. The summed E-state index contributed by atoms with van der Waals surface area (Å²) in [6.07, 6.45) is 0.416. The maximum Gasteiger partial charge on any atom is 0.124 e. The molecule has 1 aromatic carbocycles. The molecule has 0 saturated carbocycles. The molecule has 0 heterocycles. The second-order valence-electron chi connectivity index (χ2n) is 3.49. The summed E-state index contributed by atoms with van der Waals surface area (Å²) in [5, 5.41) is 18.7. The van der Waals surface area contributed by atoms with E-state index in [-0.39, 0.29) is 6.61 Å². The van der Waals surface area contributed by atoms with Crippen molar-refractivity contribution in [3.05, 3.63) is 23.8 Å². The van der Waals surface area contributed by atoms with Gasteiger partial charge in [0.1, 0.15) is 11.5 Å². The topological polar surface area (TPSA) is 58.9 Å². The lowest BCUT2D eigenvalue weighted by molar-refractivity contribution is 0.148. The summed E-state index contributed by atoms with van der Waals surface area (Å²) in [5.41, 5.74) is 0.690. The van der Waals surface area contributed by atoms with Gasteiger partial charge in [0.05, 0.1) is 20.3 Å². The molecule has 0 fully saturated rings. The van der Waals surface area contributed by atoms with Crippen molar-refractivity contribution in [1.82, 2.24) is 0 Å². The minimum absolute atomic E-state index is 0.0728. The third-order valence-corrected chi connectivity index (χ3v) is 2.43. The number of methoxy groups -OCH3 is 2. The van der Waals surface area contributed by atoms with Gasteiger partial charge in [-0.2, -0.15) is 0 Å². The van der Waals surface area contributed by atoms with Crippen molar-refractivity contribution in [2.75, 3.05) is 20.8 Å². The van der Waals surface area contributed by atoms with Gasteiger partial charge in [-0.1, -0.05) is 0 Å². The molecule has 1 aromatic rings. The monoisotopic (exact) mass is 226 g/mol. The molecule has 0 aliphatic heterocycles. The number of aliphatic hydroxyl groups excluding tert-OH is 2. The summed E-state index contributed by atoms with van der Waals surface area (Å²) in [6, 6.07) is 5.29. The summed E-state index contributed by atoms with van der Waals surface area (Å²) >= 11 is 0. The van der Waals surface area contributed by atoms with Crippen LogP contribution in [0.3, 0.4) is 0 Å². The van der Waals surface area contributed by atoms with E-state index in [2.05, 4.69) is 0 Å². The zero-order valence-corrected chi connectivity index (χ0v) is 9.64. The first-order chi connectivity index (χ1) is 7.72. The number of hydrogen-bond acceptors (Lipinski definition) is 4. The molecular weight excluding hydrogens is 208 g/mol. The van der Waals surface area contributed by atoms with E-state index in [9.17, 15) is 5.11 Å².